The Morgan fingerprint density at radius 1 is 1.46 bits per heavy atom. The first-order chi connectivity index (χ1) is 6.06. The van der Waals surface area contributed by atoms with Crippen LogP contribution in [-0.2, 0) is 0 Å². The van der Waals surface area contributed by atoms with Crippen LogP contribution in [0.5, 0.6) is 0 Å². The fraction of sp³-hybridized carbons (Fsp3) is 0.143. The minimum Gasteiger partial charge on any atom is -0.239 e. The summed E-state index contributed by atoms with van der Waals surface area (Å²) in [6.07, 6.45) is -2.70. The van der Waals surface area contributed by atoms with Gasteiger partial charge < -0.3 is 0 Å². The highest BCUT2D eigenvalue weighted by molar-refractivity contribution is 9.11. The maximum atomic E-state index is 12.3. The van der Waals surface area contributed by atoms with Gasteiger partial charge in [-0.3, -0.25) is 0 Å². The first-order valence-corrected chi connectivity index (χ1v) is 4.69. The zero-order valence-corrected chi connectivity index (χ0v) is 9.23. The fourth-order valence-electron chi connectivity index (χ4n) is 0.743. The maximum absolute atomic E-state index is 12.3. The van der Waals surface area contributed by atoms with Crippen LogP contribution in [0.3, 0.4) is 0 Å². The van der Waals surface area contributed by atoms with Crippen LogP contribution in [0.2, 0.25) is 0 Å². The molecule has 1 aromatic rings. The van der Waals surface area contributed by atoms with Crippen molar-refractivity contribution >= 4 is 31.9 Å². The monoisotopic (exact) mass is 310 g/mol. The Bertz CT molecular complexity index is 373. The van der Waals surface area contributed by atoms with Gasteiger partial charge in [-0.1, -0.05) is 0 Å². The van der Waals surface area contributed by atoms with E-state index in [0.29, 0.717) is 0 Å². The lowest BCUT2D eigenvalue weighted by atomic mass is 10.2. The van der Waals surface area contributed by atoms with Crippen molar-refractivity contribution in [1.29, 1.82) is 5.26 Å². The van der Waals surface area contributed by atoms with E-state index in [1.54, 1.807) is 6.07 Å². The van der Waals surface area contributed by atoms with Crippen LogP contribution in [-0.4, -0.2) is 4.98 Å². The summed E-state index contributed by atoms with van der Waals surface area (Å²) in [6, 6.07) is 3.15. The topological polar surface area (TPSA) is 36.7 Å². The molecule has 1 heterocycles. The molecule has 0 N–H and O–H groups in total. The van der Waals surface area contributed by atoms with Crippen LogP contribution >= 0.6 is 31.9 Å². The molecule has 1 rings (SSSR count). The molecule has 0 bridgehead atoms. The molecule has 0 aliphatic carbocycles. The third-order valence-electron chi connectivity index (χ3n) is 1.28. The normalized spacial score (nSPS) is 10.2. The Balaban J connectivity index is 3.38. The predicted octanol–water partition coefficient (Wildman–Crippen LogP) is 3.42. The molecule has 0 aliphatic rings. The third-order valence-corrected chi connectivity index (χ3v) is 2.52. The van der Waals surface area contributed by atoms with Crippen LogP contribution in [0.4, 0.5) is 8.78 Å². The van der Waals surface area contributed by atoms with E-state index >= 15 is 0 Å². The second-order valence-corrected chi connectivity index (χ2v) is 3.71. The summed E-state index contributed by atoms with van der Waals surface area (Å²) in [5.41, 5.74) is -0.289. The van der Waals surface area contributed by atoms with Crippen molar-refractivity contribution in [3.63, 3.8) is 0 Å². The van der Waals surface area contributed by atoms with E-state index in [1.165, 1.54) is 6.07 Å². The number of nitrogens with zero attached hydrogens (tertiary/aromatic N) is 2. The number of nitriles is 1. The molecule has 0 fully saturated rings. The summed E-state index contributed by atoms with van der Waals surface area (Å²) < 4.78 is 24.9. The number of alkyl halides is 2. The highest BCUT2D eigenvalue weighted by Crippen LogP contribution is 2.29. The van der Waals surface area contributed by atoms with Gasteiger partial charge in [0.25, 0.3) is 6.43 Å². The van der Waals surface area contributed by atoms with Crippen molar-refractivity contribution in [2.45, 2.75) is 6.43 Å². The van der Waals surface area contributed by atoms with E-state index in [4.69, 9.17) is 5.26 Å². The molecule has 1 aromatic heterocycles. The Hall–Kier alpha value is -0.540. The average Bonchev–Trinajstić information content (AvgIpc) is 2.08. The molecular formula is C7H2Br2F2N2. The van der Waals surface area contributed by atoms with Gasteiger partial charge in [0.05, 0.1) is 10.0 Å². The van der Waals surface area contributed by atoms with Gasteiger partial charge in [-0.05, 0) is 37.9 Å². The van der Waals surface area contributed by atoms with Gasteiger partial charge in [0, 0.05) is 0 Å². The van der Waals surface area contributed by atoms with Gasteiger partial charge in [0.15, 0.2) is 0 Å². The number of hydrogen-bond donors (Lipinski definition) is 0. The molecule has 0 spiro atoms. The average molecular weight is 312 g/mol. The fourth-order valence-corrected chi connectivity index (χ4v) is 1.63. The largest absolute Gasteiger partial charge is 0.281 e. The number of aromatic nitrogens is 1. The molecule has 0 radical (unpaired) electrons. The quantitative estimate of drug-likeness (QED) is 0.745. The van der Waals surface area contributed by atoms with Gasteiger partial charge in [-0.2, -0.15) is 5.26 Å². The van der Waals surface area contributed by atoms with Crippen molar-refractivity contribution in [3.05, 3.63) is 26.4 Å². The molecule has 6 heteroatoms. The highest BCUT2D eigenvalue weighted by Gasteiger charge is 2.17. The molecule has 13 heavy (non-hydrogen) atoms. The Morgan fingerprint density at radius 3 is 2.54 bits per heavy atom. The Kier molecular flexibility index (Phi) is 3.33. The van der Waals surface area contributed by atoms with Crippen LogP contribution in [0.15, 0.2) is 15.1 Å². The number of rotatable bonds is 1. The molecule has 0 unspecified atom stereocenters. The summed E-state index contributed by atoms with van der Waals surface area (Å²) in [7, 11) is 0. The molecule has 0 aliphatic heterocycles. The van der Waals surface area contributed by atoms with Crippen molar-refractivity contribution in [2.75, 3.05) is 0 Å². The molecule has 0 amide bonds. The number of pyridine rings is 1. The summed E-state index contributed by atoms with van der Waals surface area (Å²) in [6.45, 7) is 0. The highest BCUT2D eigenvalue weighted by atomic mass is 79.9. The minimum absolute atomic E-state index is 0.0493. The summed E-state index contributed by atoms with van der Waals surface area (Å²) in [5.74, 6) is 0. The SMILES string of the molecule is N#Cc1cc(Br)nc(C(F)F)c1Br. The van der Waals surface area contributed by atoms with Gasteiger partial charge in [0.2, 0.25) is 0 Å². The lowest BCUT2D eigenvalue weighted by Crippen LogP contribution is -1.95. The second kappa shape index (κ2) is 4.11. The van der Waals surface area contributed by atoms with Crippen molar-refractivity contribution < 1.29 is 8.78 Å². The van der Waals surface area contributed by atoms with Gasteiger partial charge in [0.1, 0.15) is 16.4 Å². The van der Waals surface area contributed by atoms with Gasteiger partial charge >= 0.3 is 0 Å². The van der Waals surface area contributed by atoms with Crippen molar-refractivity contribution in [1.82, 2.24) is 4.98 Å². The zero-order valence-electron chi connectivity index (χ0n) is 6.06. The van der Waals surface area contributed by atoms with E-state index in [1.807, 2.05) is 0 Å². The van der Waals surface area contributed by atoms with E-state index in [2.05, 4.69) is 36.8 Å². The van der Waals surface area contributed by atoms with Crippen LogP contribution < -0.4 is 0 Å². The molecule has 0 saturated heterocycles. The molecule has 68 valence electrons. The van der Waals surface area contributed by atoms with Gasteiger partial charge in [-0.15, -0.1) is 0 Å². The van der Waals surface area contributed by atoms with E-state index < -0.39 is 12.1 Å². The zero-order chi connectivity index (χ0) is 10.0. The van der Waals surface area contributed by atoms with E-state index in [9.17, 15) is 8.78 Å². The molecule has 0 aromatic carbocycles. The lowest BCUT2D eigenvalue weighted by molar-refractivity contribution is 0.145. The smallest absolute Gasteiger partial charge is 0.239 e. The number of hydrogen-bond acceptors (Lipinski definition) is 2. The van der Waals surface area contributed by atoms with E-state index in [-0.39, 0.29) is 14.6 Å². The van der Waals surface area contributed by atoms with E-state index in [0.717, 1.165) is 0 Å². The second-order valence-electron chi connectivity index (χ2n) is 2.10. The van der Waals surface area contributed by atoms with Gasteiger partial charge in [-0.25, -0.2) is 13.8 Å². The van der Waals surface area contributed by atoms with Crippen LogP contribution in [0.1, 0.15) is 17.7 Å². The van der Waals surface area contributed by atoms with Crippen molar-refractivity contribution in [3.8, 4) is 6.07 Å². The maximum Gasteiger partial charge on any atom is 0.281 e. The molecular weight excluding hydrogens is 310 g/mol. The van der Waals surface area contributed by atoms with Crippen LogP contribution in [0, 0.1) is 11.3 Å². The van der Waals surface area contributed by atoms with Crippen molar-refractivity contribution in [2.24, 2.45) is 0 Å². The molecule has 2 nitrogen and oxygen atoms in total. The minimum atomic E-state index is -2.70. The Morgan fingerprint density at radius 2 is 2.08 bits per heavy atom. The third kappa shape index (κ3) is 2.23. The summed E-state index contributed by atoms with van der Waals surface area (Å²) in [4.78, 5) is 3.55. The molecule has 0 atom stereocenters. The summed E-state index contributed by atoms with van der Waals surface area (Å²) >= 11 is 5.83. The van der Waals surface area contributed by atoms with Crippen LogP contribution in [0.25, 0.3) is 0 Å². The standard InChI is InChI=1S/C7H2Br2F2N2/c8-4-1-3(2-12)5(9)6(13-4)7(10)11/h1,7H. The molecule has 0 saturated carbocycles. The first kappa shape index (κ1) is 10.5. The summed E-state index contributed by atoms with van der Waals surface area (Å²) in [5, 5.41) is 8.58. The number of halogens is 4. The lowest BCUT2D eigenvalue weighted by Gasteiger charge is -2.03. The Labute approximate surface area is 89.8 Å². The first-order valence-electron chi connectivity index (χ1n) is 3.10. The predicted molar refractivity (Wildman–Crippen MR) is 49.3 cm³/mol.